The second-order valence-corrected chi connectivity index (χ2v) is 6.59. The predicted octanol–water partition coefficient (Wildman–Crippen LogP) is 2.58. The monoisotopic (exact) mass is 394 g/mol. The first-order chi connectivity index (χ1) is 13.0. The lowest BCUT2D eigenvalue weighted by molar-refractivity contribution is -0.146. The third-order valence-corrected chi connectivity index (χ3v) is 4.81. The SMILES string of the molecule is CCOC(=O)C1NCC(OC)c2c1ccn(Cc1ccc(F)c(Cl)c1)c2=O. The lowest BCUT2D eigenvalue weighted by Crippen LogP contribution is -2.43. The van der Waals surface area contributed by atoms with Crippen LogP contribution in [0, 0.1) is 5.82 Å². The first-order valence-corrected chi connectivity index (χ1v) is 8.94. The second-order valence-electron chi connectivity index (χ2n) is 6.18. The summed E-state index contributed by atoms with van der Waals surface area (Å²) in [4.78, 5) is 25.3. The number of pyridine rings is 1. The number of rotatable bonds is 5. The fourth-order valence-electron chi connectivity index (χ4n) is 3.21. The molecule has 2 unspecified atom stereocenters. The van der Waals surface area contributed by atoms with Crippen LogP contribution in [0.25, 0.3) is 0 Å². The van der Waals surface area contributed by atoms with Gasteiger partial charge in [-0.1, -0.05) is 17.7 Å². The Balaban J connectivity index is 2.00. The largest absolute Gasteiger partial charge is 0.465 e. The van der Waals surface area contributed by atoms with Gasteiger partial charge in [-0.2, -0.15) is 0 Å². The molecule has 0 amide bonds. The van der Waals surface area contributed by atoms with Crippen molar-refractivity contribution in [2.75, 3.05) is 20.3 Å². The van der Waals surface area contributed by atoms with E-state index in [1.54, 1.807) is 25.3 Å². The molecule has 6 nitrogen and oxygen atoms in total. The van der Waals surface area contributed by atoms with Crippen molar-refractivity contribution in [1.82, 2.24) is 9.88 Å². The van der Waals surface area contributed by atoms with E-state index in [2.05, 4.69) is 5.32 Å². The van der Waals surface area contributed by atoms with Gasteiger partial charge in [0, 0.05) is 19.9 Å². The molecular weight excluding hydrogens is 375 g/mol. The Morgan fingerprint density at radius 1 is 1.41 bits per heavy atom. The van der Waals surface area contributed by atoms with Crippen molar-refractivity contribution in [2.45, 2.75) is 25.6 Å². The van der Waals surface area contributed by atoms with E-state index in [-0.39, 0.29) is 23.7 Å². The summed E-state index contributed by atoms with van der Waals surface area (Å²) in [5, 5.41) is 3.06. The maximum absolute atomic E-state index is 13.4. The fourth-order valence-corrected chi connectivity index (χ4v) is 3.42. The molecular formula is C19H20ClFN2O4. The van der Waals surface area contributed by atoms with Gasteiger partial charge in [-0.25, -0.2) is 9.18 Å². The number of hydrogen-bond donors (Lipinski definition) is 1. The van der Waals surface area contributed by atoms with Crippen LogP contribution in [0.3, 0.4) is 0 Å². The van der Waals surface area contributed by atoms with Gasteiger partial charge in [-0.3, -0.25) is 10.1 Å². The maximum Gasteiger partial charge on any atom is 0.327 e. The molecule has 0 radical (unpaired) electrons. The van der Waals surface area contributed by atoms with Gasteiger partial charge in [0.25, 0.3) is 5.56 Å². The summed E-state index contributed by atoms with van der Waals surface area (Å²) in [6, 6.07) is 5.32. The average molecular weight is 395 g/mol. The number of nitrogens with zero attached hydrogens (tertiary/aromatic N) is 1. The maximum atomic E-state index is 13.4. The number of esters is 1. The Kier molecular flexibility index (Phi) is 5.94. The molecule has 0 spiro atoms. The van der Waals surface area contributed by atoms with Crippen molar-refractivity contribution in [2.24, 2.45) is 0 Å². The van der Waals surface area contributed by atoms with E-state index in [4.69, 9.17) is 21.1 Å². The van der Waals surface area contributed by atoms with Crippen molar-refractivity contribution in [3.8, 4) is 0 Å². The molecule has 0 aliphatic carbocycles. The van der Waals surface area contributed by atoms with Gasteiger partial charge in [0.05, 0.1) is 23.7 Å². The number of hydrogen-bond acceptors (Lipinski definition) is 5. The smallest absolute Gasteiger partial charge is 0.327 e. The minimum Gasteiger partial charge on any atom is -0.465 e. The van der Waals surface area contributed by atoms with Crippen LogP contribution < -0.4 is 10.9 Å². The molecule has 2 heterocycles. The van der Waals surface area contributed by atoms with Crippen molar-refractivity contribution in [3.05, 3.63) is 68.3 Å². The van der Waals surface area contributed by atoms with Crippen LogP contribution in [0.5, 0.6) is 0 Å². The highest BCUT2D eigenvalue weighted by Crippen LogP contribution is 2.29. The van der Waals surface area contributed by atoms with Crippen LogP contribution in [0.2, 0.25) is 5.02 Å². The topological polar surface area (TPSA) is 69.6 Å². The molecule has 0 saturated heterocycles. The molecule has 0 saturated carbocycles. The van der Waals surface area contributed by atoms with Gasteiger partial charge in [-0.05, 0) is 36.2 Å². The molecule has 1 N–H and O–H groups in total. The highest BCUT2D eigenvalue weighted by atomic mass is 35.5. The molecule has 0 bridgehead atoms. The molecule has 144 valence electrons. The van der Waals surface area contributed by atoms with E-state index < -0.39 is 23.9 Å². The third kappa shape index (κ3) is 3.90. The summed E-state index contributed by atoms with van der Waals surface area (Å²) >= 11 is 5.82. The molecule has 1 aliphatic heterocycles. The number of carbonyl (C=O) groups excluding carboxylic acids is 1. The summed E-state index contributed by atoms with van der Waals surface area (Å²) in [7, 11) is 1.51. The third-order valence-electron chi connectivity index (χ3n) is 4.52. The van der Waals surface area contributed by atoms with Crippen LogP contribution >= 0.6 is 11.6 Å². The minimum absolute atomic E-state index is 0.000137. The van der Waals surface area contributed by atoms with Crippen molar-refractivity contribution in [1.29, 1.82) is 0 Å². The number of ether oxygens (including phenoxy) is 2. The lowest BCUT2D eigenvalue weighted by Gasteiger charge is -2.30. The summed E-state index contributed by atoms with van der Waals surface area (Å²) in [6.45, 7) is 2.52. The van der Waals surface area contributed by atoms with Crippen molar-refractivity contribution < 1.29 is 18.7 Å². The Morgan fingerprint density at radius 2 is 2.19 bits per heavy atom. The summed E-state index contributed by atoms with van der Waals surface area (Å²) in [5.41, 5.74) is 1.39. The Bertz CT molecular complexity index is 915. The standard InChI is InChI=1S/C19H20ClFN2O4/c1-3-27-19(25)17-12-6-7-23(10-11-4-5-14(21)13(20)8-11)18(24)16(12)15(26-2)9-22-17/h4-8,15,17,22H,3,9-10H2,1-2H3. The van der Waals surface area contributed by atoms with Gasteiger partial charge in [0.2, 0.25) is 0 Å². The molecule has 2 atom stereocenters. The van der Waals surface area contributed by atoms with E-state index in [1.807, 2.05) is 0 Å². The Hall–Kier alpha value is -2.22. The van der Waals surface area contributed by atoms with Crippen molar-refractivity contribution >= 4 is 17.6 Å². The van der Waals surface area contributed by atoms with E-state index in [1.165, 1.54) is 23.8 Å². The van der Waals surface area contributed by atoms with Crippen LogP contribution in [0.1, 0.15) is 35.8 Å². The highest BCUT2D eigenvalue weighted by molar-refractivity contribution is 6.30. The summed E-state index contributed by atoms with van der Waals surface area (Å²) in [5.74, 6) is -0.947. The number of methoxy groups -OCH3 is 1. The van der Waals surface area contributed by atoms with Crippen LogP contribution in [0.15, 0.2) is 35.3 Å². The number of halogens is 2. The van der Waals surface area contributed by atoms with Crippen LogP contribution in [-0.2, 0) is 20.8 Å². The first kappa shape index (κ1) is 19.5. The molecule has 1 aromatic carbocycles. The Labute approximate surface area is 160 Å². The van der Waals surface area contributed by atoms with Crippen molar-refractivity contribution in [3.63, 3.8) is 0 Å². The quantitative estimate of drug-likeness (QED) is 0.789. The lowest BCUT2D eigenvalue weighted by atomic mass is 9.93. The molecule has 8 heteroatoms. The van der Waals surface area contributed by atoms with Crippen LogP contribution in [0.4, 0.5) is 4.39 Å². The minimum atomic E-state index is -0.714. The highest BCUT2D eigenvalue weighted by Gasteiger charge is 2.34. The number of aromatic nitrogens is 1. The summed E-state index contributed by atoms with van der Waals surface area (Å²) in [6.07, 6.45) is 1.12. The van der Waals surface area contributed by atoms with Gasteiger partial charge in [-0.15, -0.1) is 0 Å². The van der Waals surface area contributed by atoms with E-state index in [9.17, 15) is 14.0 Å². The molecule has 1 aromatic heterocycles. The average Bonchev–Trinajstić information content (AvgIpc) is 2.66. The van der Waals surface area contributed by atoms with Gasteiger partial charge >= 0.3 is 5.97 Å². The number of fused-ring (bicyclic) bond motifs is 1. The van der Waals surface area contributed by atoms with E-state index in [0.717, 1.165) is 0 Å². The zero-order chi connectivity index (χ0) is 19.6. The zero-order valence-corrected chi connectivity index (χ0v) is 15.8. The number of carbonyl (C=O) groups is 1. The molecule has 0 fully saturated rings. The molecule has 2 aromatic rings. The first-order valence-electron chi connectivity index (χ1n) is 8.56. The zero-order valence-electron chi connectivity index (χ0n) is 15.0. The van der Waals surface area contributed by atoms with Gasteiger partial charge in [0.15, 0.2) is 0 Å². The number of nitrogens with one attached hydrogen (secondary N) is 1. The van der Waals surface area contributed by atoms with E-state index in [0.29, 0.717) is 23.2 Å². The second kappa shape index (κ2) is 8.21. The predicted molar refractivity (Wildman–Crippen MR) is 98.3 cm³/mol. The summed E-state index contributed by atoms with van der Waals surface area (Å²) < 4.78 is 25.4. The fraction of sp³-hybridized carbons (Fsp3) is 0.368. The normalized spacial score (nSPS) is 18.8. The molecule has 27 heavy (non-hydrogen) atoms. The number of benzene rings is 1. The van der Waals surface area contributed by atoms with Gasteiger partial charge in [0.1, 0.15) is 18.0 Å². The van der Waals surface area contributed by atoms with Crippen LogP contribution in [-0.4, -0.2) is 30.8 Å². The van der Waals surface area contributed by atoms with E-state index >= 15 is 0 Å². The Morgan fingerprint density at radius 3 is 2.85 bits per heavy atom. The molecule has 3 rings (SSSR count). The van der Waals surface area contributed by atoms with Gasteiger partial charge < -0.3 is 14.0 Å². The molecule has 1 aliphatic rings.